The minimum absolute atomic E-state index is 0.0243. The lowest BCUT2D eigenvalue weighted by Crippen LogP contribution is -2.45. The van der Waals surface area contributed by atoms with E-state index in [9.17, 15) is 8.42 Å². The van der Waals surface area contributed by atoms with Gasteiger partial charge in [-0.3, -0.25) is 0 Å². The van der Waals surface area contributed by atoms with Crippen molar-refractivity contribution >= 4 is 10.2 Å². The average Bonchev–Trinajstić information content (AvgIpc) is 1.91. The topological polar surface area (TPSA) is 75.4 Å². The van der Waals surface area contributed by atoms with Gasteiger partial charge in [-0.05, 0) is 33.0 Å². The first-order valence-electron chi connectivity index (χ1n) is 3.96. The molecule has 12 heavy (non-hydrogen) atoms. The van der Waals surface area contributed by atoms with E-state index in [1.807, 2.05) is 7.05 Å². The summed E-state index contributed by atoms with van der Waals surface area (Å²) in [5.74, 6) is 0. The van der Waals surface area contributed by atoms with E-state index in [1.165, 1.54) is 0 Å². The van der Waals surface area contributed by atoms with Crippen molar-refractivity contribution in [2.45, 2.75) is 18.9 Å². The summed E-state index contributed by atoms with van der Waals surface area (Å²) in [5.41, 5.74) is 0. The molecule has 1 aliphatic heterocycles. The number of piperidine rings is 1. The second-order valence-corrected chi connectivity index (χ2v) is 4.57. The standard InChI is InChI=1S/C6H15N3O2S/c1-9-4-2-6(3-5-9)8-12(7,10)11/h6,8H,2-5H2,1H3,(H2,7,10,11). The third-order valence-electron chi connectivity index (χ3n) is 2.05. The van der Waals surface area contributed by atoms with E-state index < -0.39 is 10.2 Å². The van der Waals surface area contributed by atoms with Crippen molar-refractivity contribution < 1.29 is 8.42 Å². The van der Waals surface area contributed by atoms with Gasteiger partial charge >= 0.3 is 0 Å². The van der Waals surface area contributed by atoms with Gasteiger partial charge in [-0.25, -0.2) is 5.14 Å². The van der Waals surface area contributed by atoms with E-state index in [4.69, 9.17) is 5.14 Å². The molecule has 0 aromatic carbocycles. The summed E-state index contributed by atoms with van der Waals surface area (Å²) in [6.45, 7) is 1.85. The molecule has 0 radical (unpaired) electrons. The lowest BCUT2D eigenvalue weighted by atomic mass is 10.1. The number of rotatable bonds is 2. The number of nitrogens with two attached hydrogens (primary N) is 1. The smallest absolute Gasteiger partial charge is 0.274 e. The van der Waals surface area contributed by atoms with Crippen LogP contribution in [-0.4, -0.2) is 39.5 Å². The molecule has 1 heterocycles. The average molecular weight is 193 g/mol. The minimum atomic E-state index is -3.51. The Morgan fingerprint density at radius 1 is 1.42 bits per heavy atom. The number of likely N-dealkylation sites (tertiary alicyclic amines) is 1. The Balaban J connectivity index is 2.36. The van der Waals surface area contributed by atoms with Crippen molar-refractivity contribution in [3.8, 4) is 0 Å². The summed E-state index contributed by atoms with van der Waals surface area (Å²) in [6, 6.07) is 0.0243. The summed E-state index contributed by atoms with van der Waals surface area (Å²) >= 11 is 0. The Bertz CT molecular complexity index is 231. The Morgan fingerprint density at radius 3 is 2.33 bits per heavy atom. The third kappa shape index (κ3) is 3.48. The predicted octanol–water partition coefficient (Wildman–Crippen LogP) is -1.13. The van der Waals surface area contributed by atoms with Crippen LogP contribution in [0.5, 0.6) is 0 Å². The van der Waals surface area contributed by atoms with Crippen LogP contribution in [0.4, 0.5) is 0 Å². The van der Waals surface area contributed by atoms with Crippen LogP contribution >= 0.6 is 0 Å². The maximum absolute atomic E-state index is 10.6. The predicted molar refractivity (Wildman–Crippen MR) is 46.8 cm³/mol. The summed E-state index contributed by atoms with van der Waals surface area (Å²) in [5, 5.41) is 4.85. The van der Waals surface area contributed by atoms with Crippen molar-refractivity contribution in [1.82, 2.24) is 9.62 Å². The monoisotopic (exact) mass is 193 g/mol. The second-order valence-electron chi connectivity index (χ2n) is 3.24. The molecule has 0 saturated carbocycles. The van der Waals surface area contributed by atoms with Crippen LogP contribution in [0.25, 0.3) is 0 Å². The molecule has 0 atom stereocenters. The number of nitrogens with zero attached hydrogens (tertiary/aromatic N) is 1. The molecule has 0 bridgehead atoms. The molecule has 0 aromatic rings. The summed E-state index contributed by atoms with van der Waals surface area (Å²) in [4.78, 5) is 2.17. The molecule has 0 spiro atoms. The van der Waals surface area contributed by atoms with Crippen LogP contribution < -0.4 is 9.86 Å². The first-order valence-corrected chi connectivity index (χ1v) is 5.50. The third-order valence-corrected chi connectivity index (χ3v) is 2.71. The van der Waals surface area contributed by atoms with E-state index in [0.29, 0.717) is 0 Å². The summed E-state index contributed by atoms with van der Waals surface area (Å²) < 4.78 is 23.7. The molecule has 1 aliphatic rings. The van der Waals surface area contributed by atoms with Crippen molar-refractivity contribution in [3.63, 3.8) is 0 Å². The van der Waals surface area contributed by atoms with Crippen LogP contribution in [0.3, 0.4) is 0 Å². The zero-order valence-corrected chi connectivity index (χ0v) is 7.97. The lowest BCUT2D eigenvalue weighted by Gasteiger charge is -2.28. The van der Waals surface area contributed by atoms with Crippen LogP contribution in [0.1, 0.15) is 12.8 Å². The maximum atomic E-state index is 10.6. The van der Waals surface area contributed by atoms with Crippen LogP contribution in [-0.2, 0) is 10.2 Å². The van der Waals surface area contributed by atoms with Gasteiger partial charge in [0.25, 0.3) is 10.2 Å². The molecule has 5 nitrogen and oxygen atoms in total. The largest absolute Gasteiger partial charge is 0.306 e. The molecule has 6 heteroatoms. The van der Waals surface area contributed by atoms with Gasteiger partial charge in [0.05, 0.1) is 0 Å². The molecule has 1 saturated heterocycles. The normalized spacial score (nSPS) is 22.8. The minimum Gasteiger partial charge on any atom is -0.306 e. The van der Waals surface area contributed by atoms with Crippen LogP contribution in [0, 0.1) is 0 Å². The quantitative estimate of drug-likeness (QED) is 0.583. The zero-order chi connectivity index (χ0) is 9.19. The summed E-state index contributed by atoms with van der Waals surface area (Å²) in [6.07, 6.45) is 1.68. The van der Waals surface area contributed by atoms with Gasteiger partial charge in [-0.15, -0.1) is 0 Å². The van der Waals surface area contributed by atoms with Crippen molar-refractivity contribution in [2.24, 2.45) is 5.14 Å². The molecule has 3 N–H and O–H groups in total. The number of hydrogen-bond donors (Lipinski definition) is 2. The fraction of sp³-hybridized carbons (Fsp3) is 1.00. The Morgan fingerprint density at radius 2 is 1.92 bits per heavy atom. The highest BCUT2D eigenvalue weighted by atomic mass is 32.2. The zero-order valence-electron chi connectivity index (χ0n) is 7.16. The molecule has 0 amide bonds. The SMILES string of the molecule is CN1CCC(NS(N)(=O)=O)CC1. The van der Waals surface area contributed by atoms with Gasteiger partial charge in [0.1, 0.15) is 0 Å². The highest BCUT2D eigenvalue weighted by Crippen LogP contribution is 2.08. The first kappa shape index (κ1) is 9.91. The fourth-order valence-electron chi connectivity index (χ4n) is 1.36. The number of hydrogen-bond acceptors (Lipinski definition) is 3. The van der Waals surface area contributed by atoms with Gasteiger partial charge in [0.2, 0.25) is 0 Å². The Labute approximate surface area is 73.1 Å². The molecular formula is C6H15N3O2S. The maximum Gasteiger partial charge on any atom is 0.274 e. The molecule has 0 aromatic heterocycles. The van der Waals surface area contributed by atoms with Gasteiger partial charge in [-0.2, -0.15) is 13.1 Å². The van der Waals surface area contributed by atoms with Crippen LogP contribution in [0.15, 0.2) is 0 Å². The van der Waals surface area contributed by atoms with E-state index in [0.717, 1.165) is 25.9 Å². The first-order chi connectivity index (χ1) is 5.47. The van der Waals surface area contributed by atoms with E-state index >= 15 is 0 Å². The van der Waals surface area contributed by atoms with Crippen molar-refractivity contribution in [1.29, 1.82) is 0 Å². The Hall–Kier alpha value is -0.170. The van der Waals surface area contributed by atoms with Gasteiger partial charge in [0.15, 0.2) is 0 Å². The molecular weight excluding hydrogens is 178 g/mol. The second kappa shape index (κ2) is 3.69. The molecule has 1 fully saturated rings. The van der Waals surface area contributed by atoms with E-state index in [2.05, 4.69) is 9.62 Å². The van der Waals surface area contributed by atoms with E-state index in [1.54, 1.807) is 0 Å². The highest BCUT2D eigenvalue weighted by molar-refractivity contribution is 7.87. The van der Waals surface area contributed by atoms with Crippen molar-refractivity contribution in [3.05, 3.63) is 0 Å². The van der Waals surface area contributed by atoms with Gasteiger partial charge in [-0.1, -0.05) is 0 Å². The number of nitrogens with one attached hydrogen (secondary N) is 1. The summed E-state index contributed by atoms with van der Waals surface area (Å²) in [7, 11) is -1.49. The van der Waals surface area contributed by atoms with Crippen LogP contribution in [0.2, 0.25) is 0 Å². The van der Waals surface area contributed by atoms with E-state index in [-0.39, 0.29) is 6.04 Å². The lowest BCUT2D eigenvalue weighted by molar-refractivity contribution is 0.248. The van der Waals surface area contributed by atoms with Gasteiger partial charge < -0.3 is 4.90 Å². The molecule has 0 aliphatic carbocycles. The molecule has 0 unspecified atom stereocenters. The fourth-order valence-corrected chi connectivity index (χ4v) is 2.06. The Kier molecular flexibility index (Phi) is 3.05. The van der Waals surface area contributed by atoms with Crippen molar-refractivity contribution in [2.75, 3.05) is 20.1 Å². The molecule has 1 rings (SSSR count). The highest BCUT2D eigenvalue weighted by Gasteiger charge is 2.19. The van der Waals surface area contributed by atoms with Gasteiger partial charge in [0, 0.05) is 6.04 Å². The molecule has 72 valence electrons.